The van der Waals surface area contributed by atoms with E-state index in [4.69, 9.17) is 4.74 Å². The van der Waals surface area contributed by atoms with E-state index in [1.54, 1.807) is 4.90 Å². The van der Waals surface area contributed by atoms with Crippen LogP contribution in [0.4, 0.5) is 19.0 Å². The van der Waals surface area contributed by atoms with Gasteiger partial charge in [-0.1, -0.05) is 0 Å². The van der Waals surface area contributed by atoms with Gasteiger partial charge >= 0.3 is 6.18 Å². The lowest BCUT2D eigenvalue weighted by atomic mass is 10.1. The molecular formula is C24H30F3N5O3S. The number of pyridine rings is 1. The second-order valence-electron chi connectivity index (χ2n) is 10.2. The summed E-state index contributed by atoms with van der Waals surface area (Å²) in [5.74, 6) is -0.972. The first kappa shape index (κ1) is 26.3. The van der Waals surface area contributed by atoms with Gasteiger partial charge in [0.1, 0.15) is 11.5 Å². The van der Waals surface area contributed by atoms with Crippen LogP contribution in [-0.2, 0) is 10.9 Å². The van der Waals surface area contributed by atoms with E-state index in [2.05, 4.69) is 20.6 Å². The molecule has 0 radical (unpaired) electrons. The van der Waals surface area contributed by atoms with Crippen molar-refractivity contribution in [1.82, 2.24) is 20.2 Å². The molecule has 0 aliphatic carbocycles. The fourth-order valence-corrected chi connectivity index (χ4v) is 5.32. The van der Waals surface area contributed by atoms with Gasteiger partial charge in [0.25, 0.3) is 11.8 Å². The van der Waals surface area contributed by atoms with E-state index in [1.807, 2.05) is 27.7 Å². The highest BCUT2D eigenvalue weighted by molar-refractivity contribution is 7.17. The number of carbonyl (C=O) groups excluding carboxylic acids is 2. The van der Waals surface area contributed by atoms with E-state index in [9.17, 15) is 22.8 Å². The van der Waals surface area contributed by atoms with Crippen LogP contribution in [0, 0.1) is 0 Å². The predicted molar refractivity (Wildman–Crippen MR) is 130 cm³/mol. The number of halogens is 3. The van der Waals surface area contributed by atoms with E-state index < -0.39 is 29.1 Å². The number of ether oxygens (including phenoxy) is 1. The maximum absolute atomic E-state index is 14.2. The number of nitrogens with zero attached hydrogens (tertiary/aromatic N) is 3. The molecule has 2 aliphatic rings. The molecule has 0 aromatic carbocycles. The number of thiazole rings is 1. The minimum atomic E-state index is -4.72. The summed E-state index contributed by atoms with van der Waals surface area (Å²) in [6, 6.07) is 0.652. The molecule has 2 atom stereocenters. The van der Waals surface area contributed by atoms with Crippen molar-refractivity contribution in [2.45, 2.75) is 70.8 Å². The SMILES string of the molecule is CC1CCCN1C(=O)c1nc(C(=O)NC2CCOC2)sc1-c1cnc(NC(C)(C)C)cc1C(F)(F)F. The van der Waals surface area contributed by atoms with Crippen molar-refractivity contribution >= 4 is 29.0 Å². The highest BCUT2D eigenvalue weighted by Crippen LogP contribution is 2.42. The maximum atomic E-state index is 14.2. The van der Waals surface area contributed by atoms with Gasteiger partial charge in [0.2, 0.25) is 0 Å². The molecule has 8 nitrogen and oxygen atoms in total. The lowest BCUT2D eigenvalue weighted by molar-refractivity contribution is -0.137. The number of likely N-dealkylation sites (tertiary alicyclic amines) is 1. The molecule has 2 aromatic heterocycles. The molecule has 0 saturated carbocycles. The molecule has 2 aromatic rings. The van der Waals surface area contributed by atoms with Gasteiger partial charge in [-0.2, -0.15) is 13.2 Å². The summed E-state index contributed by atoms with van der Waals surface area (Å²) in [6.45, 7) is 8.68. The Bertz CT molecular complexity index is 1140. The zero-order valence-electron chi connectivity index (χ0n) is 20.7. The highest BCUT2D eigenvalue weighted by Gasteiger charge is 2.38. The van der Waals surface area contributed by atoms with Gasteiger partial charge in [0, 0.05) is 36.5 Å². The third-order valence-corrected chi connectivity index (χ3v) is 7.15. The molecule has 36 heavy (non-hydrogen) atoms. The fourth-order valence-electron chi connectivity index (χ4n) is 4.33. The lowest BCUT2D eigenvalue weighted by Gasteiger charge is -2.23. The van der Waals surface area contributed by atoms with Gasteiger partial charge in [-0.25, -0.2) is 9.97 Å². The van der Waals surface area contributed by atoms with Crippen LogP contribution < -0.4 is 10.6 Å². The van der Waals surface area contributed by atoms with Gasteiger partial charge in [0.15, 0.2) is 5.01 Å². The van der Waals surface area contributed by atoms with Crippen LogP contribution in [0.15, 0.2) is 12.3 Å². The van der Waals surface area contributed by atoms with Crippen LogP contribution in [0.25, 0.3) is 10.4 Å². The van der Waals surface area contributed by atoms with Crippen molar-refractivity contribution in [2.75, 3.05) is 25.1 Å². The average molecular weight is 526 g/mol. The molecule has 2 unspecified atom stereocenters. The summed E-state index contributed by atoms with van der Waals surface area (Å²) in [5.41, 5.74) is -1.90. The third-order valence-electron chi connectivity index (χ3n) is 6.06. The summed E-state index contributed by atoms with van der Waals surface area (Å²) in [4.78, 5) is 36.4. The first-order valence-electron chi connectivity index (χ1n) is 11.9. The van der Waals surface area contributed by atoms with Gasteiger partial charge in [-0.15, -0.1) is 11.3 Å². The third kappa shape index (κ3) is 5.80. The molecule has 2 aliphatic heterocycles. The molecule has 2 saturated heterocycles. The zero-order valence-corrected chi connectivity index (χ0v) is 21.5. The summed E-state index contributed by atoms with van der Waals surface area (Å²) >= 11 is 0.770. The number of anilines is 1. The molecule has 4 heterocycles. The zero-order chi connectivity index (χ0) is 26.3. The monoisotopic (exact) mass is 525 g/mol. The fraction of sp³-hybridized carbons (Fsp3) is 0.583. The molecule has 2 fully saturated rings. The second-order valence-corrected chi connectivity index (χ2v) is 11.2. The number of hydrogen-bond acceptors (Lipinski definition) is 7. The van der Waals surface area contributed by atoms with Crippen LogP contribution in [-0.4, -0.2) is 64.1 Å². The van der Waals surface area contributed by atoms with Gasteiger partial charge in [0.05, 0.1) is 23.1 Å². The largest absolute Gasteiger partial charge is 0.417 e. The van der Waals surface area contributed by atoms with Crippen molar-refractivity contribution in [2.24, 2.45) is 0 Å². The topological polar surface area (TPSA) is 96.5 Å². The van der Waals surface area contributed by atoms with Gasteiger partial charge < -0.3 is 20.3 Å². The lowest BCUT2D eigenvalue weighted by Crippen LogP contribution is -2.35. The standard InChI is InChI=1S/C24H30F3N5O3S/c1-13-6-5-8-32(13)22(34)18-19(36-21(30-18)20(33)29-14-7-9-35-12-14)15-11-28-17(31-23(2,3)4)10-16(15)24(25,26)27/h10-11,13-14H,5-9,12H2,1-4H3,(H,28,31)(H,29,33). The highest BCUT2D eigenvalue weighted by atomic mass is 32.1. The quantitative estimate of drug-likeness (QED) is 0.594. The van der Waals surface area contributed by atoms with Crippen LogP contribution in [0.1, 0.15) is 72.8 Å². The molecule has 0 spiro atoms. The minimum absolute atomic E-state index is 0.0194. The first-order chi connectivity index (χ1) is 16.8. The molecule has 196 valence electrons. The molecule has 2 N–H and O–H groups in total. The predicted octanol–water partition coefficient (Wildman–Crippen LogP) is 4.58. The van der Waals surface area contributed by atoms with E-state index in [0.717, 1.165) is 36.4 Å². The summed E-state index contributed by atoms with van der Waals surface area (Å²) < 4.78 is 47.9. The van der Waals surface area contributed by atoms with Gasteiger partial charge in [-0.3, -0.25) is 9.59 Å². The van der Waals surface area contributed by atoms with Crippen LogP contribution >= 0.6 is 11.3 Å². The number of rotatable bonds is 5. The number of aromatic nitrogens is 2. The number of alkyl halides is 3. The van der Waals surface area contributed by atoms with Crippen LogP contribution in [0.5, 0.6) is 0 Å². The summed E-state index contributed by atoms with van der Waals surface area (Å²) in [6.07, 6.45) is -1.40. The van der Waals surface area contributed by atoms with E-state index in [-0.39, 0.29) is 39.0 Å². The Morgan fingerprint density at radius 3 is 2.56 bits per heavy atom. The van der Waals surface area contributed by atoms with E-state index in [1.165, 1.54) is 0 Å². The number of carbonyl (C=O) groups is 2. The van der Waals surface area contributed by atoms with E-state index >= 15 is 0 Å². The van der Waals surface area contributed by atoms with Crippen molar-refractivity contribution in [3.63, 3.8) is 0 Å². The Morgan fingerprint density at radius 1 is 1.22 bits per heavy atom. The Morgan fingerprint density at radius 2 is 1.97 bits per heavy atom. The van der Waals surface area contributed by atoms with Gasteiger partial charge in [-0.05, 0) is 53.0 Å². The Hall–Kier alpha value is -2.73. The number of nitrogens with one attached hydrogen (secondary N) is 2. The molecule has 2 amide bonds. The second kappa shape index (κ2) is 9.97. The van der Waals surface area contributed by atoms with Crippen molar-refractivity contribution in [3.05, 3.63) is 28.5 Å². The molecule has 0 bridgehead atoms. The Balaban J connectivity index is 1.80. The van der Waals surface area contributed by atoms with Crippen LogP contribution in [0.2, 0.25) is 0 Å². The smallest absolute Gasteiger partial charge is 0.379 e. The summed E-state index contributed by atoms with van der Waals surface area (Å²) in [5, 5.41) is 5.67. The average Bonchev–Trinajstić information content (AvgIpc) is 3.52. The van der Waals surface area contributed by atoms with Crippen molar-refractivity contribution in [1.29, 1.82) is 0 Å². The molecule has 4 rings (SSSR count). The number of amides is 2. The normalized spacial score (nSPS) is 20.6. The van der Waals surface area contributed by atoms with Crippen molar-refractivity contribution in [3.8, 4) is 10.4 Å². The molecule has 12 heteroatoms. The minimum Gasteiger partial charge on any atom is -0.379 e. The molecular weight excluding hydrogens is 495 g/mol. The Labute approximate surface area is 211 Å². The van der Waals surface area contributed by atoms with Crippen molar-refractivity contribution < 1.29 is 27.5 Å². The van der Waals surface area contributed by atoms with Crippen LogP contribution in [0.3, 0.4) is 0 Å². The summed E-state index contributed by atoms with van der Waals surface area (Å²) in [7, 11) is 0. The Kier molecular flexibility index (Phi) is 7.29. The first-order valence-corrected chi connectivity index (χ1v) is 12.7. The number of hydrogen-bond donors (Lipinski definition) is 2. The van der Waals surface area contributed by atoms with E-state index in [0.29, 0.717) is 26.2 Å². The maximum Gasteiger partial charge on any atom is 0.417 e.